The first kappa shape index (κ1) is 17.8. The van der Waals surface area contributed by atoms with Crippen molar-refractivity contribution in [2.45, 2.75) is 25.7 Å². The van der Waals surface area contributed by atoms with E-state index < -0.39 is 10.0 Å². The Hall–Kier alpha value is -0.210. The van der Waals surface area contributed by atoms with Crippen LogP contribution >= 0.6 is 0 Å². The fourth-order valence-electron chi connectivity index (χ4n) is 2.42. The van der Waals surface area contributed by atoms with Crippen molar-refractivity contribution in [1.82, 2.24) is 9.21 Å². The molecule has 0 aromatic rings. The van der Waals surface area contributed by atoms with E-state index >= 15 is 0 Å². The third kappa shape index (κ3) is 6.49. The average molecular weight is 307 g/mol. The lowest BCUT2D eigenvalue weighted by molar-refractivity contribution is 0.215. The van der Waals surface area contributed by atoms with Crippen molar-refractivity contribution < 1.29 is 13.2 Å². The first-order valence-electron chi connectivity index (χ1n) is 7.49. The van der Waals surface area contributed by atoms with Crippen LogP contribution in [0.2, 0.25) is 0 Å². The standard InChI is InChI=1S/C13H29N3O3S/c1-19-12-13-20(17,18)16-9-5-8-15(10-11-16)7-4-2-3-6-14/h2-14H2,1H3. The van der Waals surface area contributed by atoms with E-state index in [1.807, 2.05) is 0 Å². The maximum atomic E-state index is 12.1. The van der Waals surface area contributed by atoms with Crippen LogP contribution in [0.15, 0.2) is 0 Å². The van der Waals surface area contributed by atoms with E-state index in [4.69, 9.17) is 10.5 Å². The van der Waals surface area contributed by atoms with Gasteiger partial charge in [0, 0.05) is 26.7 Å². The maximum absolute atomic E-state index is 12.1. The number of unbranched alkanes of at least 4 members (excludes halogenated alkanes) is 2. The molecule has 1 rings (SSSR count). The van der Waals surface area contributed by atoms with Gasteiger partial charge in [0.1, 0.15) is 0 Å². The van der Waals surface area contributed by atoms with E-state index in [0.717, 1.165) is 51.9 Å². The highest BCUT2D eigenvalue weighted by Crippen LogP contribution is 2.10. The summed E-state index contributed by atoms with van der Waals surface area (Å²) < 4.78 is 30.7. The molecule has 1 aliphatic rings. The summed E-state index contributed by atoms with van der Waals surface area (Å²) in [6, 6.07) is 0. The maximum Gasteiger partial charge on any atom is 0.216 e. The fourth-order valence-corrected chi connectivity index (χ4v) is 3.83. The lowest BCUT2D eigenvalue weighted by Crippen LogP contribution is -2.37. The molecule has 1 aliphatic heterocycles. The predicted molar refractivity (Wildman–Crippen MR) is 81.2 cm³/mol. The van der Waals surface area contributed by atoms with Gasteiger partial charge < -0.3 is 15.4 Å². The van der Waals surface area contributed by atoms with Crippen molar-refractivity contribution in [2.75, 3.05) is 58.7 Å². The Morgan fingerprint density at radius 2 is 1.90 bits per heavy atom. The third-order valence-corrected chi connectivity index (χ3v) is 5.50. The number of ether oxygens (including phenoxy) is 1. The summed E-state index contributed by atoms with van der Waals surface area (Å²) in [5, 5.41) is 0. The topological polar surface area (TPSA) is 75.9 Å². The Balaban J connectivity index is 2.35. The third-order valence-electron chi connectivity index (χ3n) is 3.66. The van der Waals surface area contributed by atoms with Crippen LogP contribution < -0.4 is 5.73 Å². The van der Waals surface area contributed by atoms with Crippen LogP contribution in [0.3, 0.4) is 0 Å². The average Bonchev–Trinajstić information content (AvgIpc) is 2.67. The highest BCUT2D eigenvalue weighted by molar-refractivity contribution is 7.89. The molecule has 0 aromatic heterocycles. The summed E-state index contributed by atoms with van der Waals surface area (Å²) >= 11 is 0. The molecule has 0 aliphatic carbocycles. The highest BCUT2D eigenvalue weighted by atomic mass is 32.2. The Labute approximate surface area is 123 Å². The van der Waals surface area contributed by atoms with Gasteiger partial charge >= 0.3 is 0 Å². The summed E-state index contributed by atoms with van der Waals surface area (Å²) in [4.78, 5) is 2.36. The number of nitrogens with zero attached hydrogens (tertiary/aromatic N) is 2. The molecule has 0 atom stereocenters. The number of methoxy groups -OCH3 is 1. The molecule has 0 radical (unpaired) electrons. The van der Waals surface area contributed by atoms with Gasteiger partial charge in [0.05, 0.1) is 12.4 Å². The number of hydrogen-bond acceptors (Lipinski definition) is 5. The van der Waals surface area contributed by atoms with Crippen LogP contribution in [0.5, 0.6) is 0 Å². The first-order chi connectivity index (χ1) is 9.60. The molecule has 2 N–H and O–H groups in total. The van der Waals surface area contributed by atoms with Gasteiger partial charge in [0.25, 0.3) is 0 Å². The zero-order valence-electron chi connectivity index (χ0n) is 12.6. The lowest BCUT2D eigenvalue weighted by Gasteiger charge is -2.21. The summed E-state index contributed by atoms with van der Waals surface area (Å²) in [5.41, 5.74) is 5.48. The number of rotatable bonds is 9. The van der Waals surface area contributed by atoms with E-state index in [9.17, 15) is 8.42 Å². The second-order valence-corrected chi connectivity index (χ2v) is 7.34. The minimum atomic E-state index is -3.16. The molecular formula is C13H29N3O3S. The summed E-state index contributed by atoms with van der Waals surface area (Å²) in [6.45, 7) is 5.11. The summed E-state index contributed by atoms with van der Waals surface area (Å²) in [6.07, 6.45) is 4.28. The Morgan fingerprint density at radius 1 is 1.10 bits per heavy atom. The van der Waals surface area contributed by atoms with E-state index in [0.29, 0.717) is 13.1 Å². The van der Waals surface area contributed by atoms with Crippen LogP contribution in [0.1, 0.15) is 25.7 Å². The molecule has 20 heavy (non-hydrogen) atoms. The number of sulfonamides is 1. The van der Waals surface area contributed by atoms with Crippen molar-refractivity contribution in [1.29, 1.82) is 0 Å². The first-order valence-corrected chi connectivity index (χ1v) is 9.10. The molecule has 0 unspecified atom stereocenters. The molecule has 0 amide bonds. The smallest absolute Gasteiger partial charge is 0.216 e. The molecule has 1 fully saturated rings. The second kappa shape index (κ2) is 9.68. The van der Waals surface area contributed by atoms with Gasteiger partial charge in [0.15, 0.2) is 0 Å². The molecule has 6 nitrogen and oxygen atoms in total. The van der Waals surface area contributed by atoms with Crippen molar-refractivity contribution >= 4 is 10.0 Å². The molecule has 0 aromatic carbocycles. The van der Waals surface area contributed by atoms with Crippen molar-refractivity contribution in [2.24, 2.45) is 5.73 Å². The zero-order chi connectivity index (χ0) is 14.8. The van der Waals surface area contributed by atoms with E-state index in [-0.39, 0.29) is 12.4 Å². The van der Waals surface area contributed by atoms with Crippen LogP contribution in [0.25, 0.3) is 0 Å². The lowest BCUT2D eigenvalue weighted by atomic mass is 10.2. The van der Waals surface area contributed by atoms with Gasteiger partial charge in [-0.2, -0.15) is 0 Å². The second-order valence-electron chi connectivity index (χ2n) is 5.25. The molecule has 0 bridgehead atoms. The van der Waals surface area contributed by atoms with Gasteiger partial charge in [-0.15, -0.1) is 0 Å². The molecule has 0 saturated carbocycles. The van der Waals surface area contributed by atoms with Gasteiger partial charge in [-0.3, -0.25) is 0 Å². The molecule has 7 heteroatoms. The van der Waals surface area contributed by atoms with Crippen LogP contribution in [-0.4, -0.2) is 76.4 Å². The van der Waals surface area contributed by atoms with Gasteiger partial charge in [-0.05, 0) is 38.9 Å². The molecular weight excluding hydrogens is 278 g/mol. The van der Waals surface area contributed by atoms with Crippen LogP contribution in [0.4, 0.5) is 0 Å². The minimum absolute atomic E-state index is 0.0833. The SMILES string of the molecule is COCCS(=O)(=O)N1CCCN(CCCCCN)CC1. The fraction of sp³-hybridized carbons (Fsp3) is 1.00. The highest BCUT2D eigenvalue weighted by Gasteiger charge is 2.24. The molecule has 1 saturated heterocycles. The van der Waals surface area contributed by atoms with Crippen molar-refractivity contribution in [3.63, 3.8) is 0 Å². The number of hydrogen-bond donors (Lipinski definition) is 1. The van der Waals surface area contributed by atoms with E-state index in [1.165, 1.54) is 7.11 Å². The number of nitrogens with two attached hydrogens (primary N) is 1. The van der Waals surface area contributed by atoms with E-state index in [1.54, 1.807) is 4.31 Å². The predicted octanol–water partition coefficient (Wildman–Crippen LogP) is 0.0993. The molecule has 0 spiro atoms. The Morgan fingerprint density at radius 3 is 2.60 bits per heavy atom. The van der Waals surface area contributed by atoms with Gasteiger partial charge in [0.2, 0.25) is 10.0 Å². The van der Waals surface area contributed by atoms with Gasteiger partial charge in [-0.25, -0.2) is 12.7 Å². The molecule has 120 valence electrons. The summed E-state index contributed by atoms with van der Waals surface area (Å²) in [7, 11) is -1.63. The van der Waals surface area contributed by atoms with Crippen LogP contribution in [0, 0.1) is 0 Å². The zero-order valence-corrected chi connectivity index (χ0v) is 13.4. The minimum Gasteiger partial charge on any atom is -0.384 e. The van der Waals surface area contributed by atoms with E-state index in [2.05, 4.69) is 4.90 Å². The largest absolute Gasteiger partial charge is 0.384 e. The van der Waals surface area contributed by atoms with Crippen molar-refractivity contribution in [3.8, 4) is 0 Å². The Bertz CT molecular complexity index is 349. The van der Waals surface area contributed by atoms with Gasteiger partial charge in [-0.1, -0.05) is 6.42 Å². The normalized spacial score (nSPS) is 19.1. The quantitative estimate of drug-likeness (QED) is 0.611. The molecule has 1 heterocycles. The monoisotopic (exact) mass is 307 g/mol. The van der Waals surface area contributed by atoms with Crippen molar-refractivity contribution in [3.05, 3.63) is 0 Å². The Kier molecular flexibility index (Phi) is 8.63. The van der Waals surface area contributed by atoms with Crippen LogP contribution in [-0.2, 0) is 14.8 Å². The summed E-state index contributed by atoms with van der Waals surface area (Å²) in [5.74, 6) is 0.0833.